The van der Waals surface area contributed by atoms with Gasteiger partial charge < -0.3 is 9.64 Å². The van der Waals surface area contributed by atoms with Crippen molar-refractivity contribution in [2.24, 2.45) is 0 Å². The first kappa shape index (κ1) is 15.4. The molecule has 0 saturated carbocycles. The van der Waals surface area contributed by atoms with Crippen molar-refractivity contribution in [1.29, 1.82) is 0 Å². The number of aryl methyl sites for hydroxylation is 1. The molecule has 1 fully saturated rings. The van der Waals surface area contributed by atoms with E-state index in [1.165, 1.54) is 11.1 Å². The van der Waals surface area contributed by atoms with Crippen LogP contribution in [0, 0.1) is 0 Å². The Morgan fingerprint density at radius 3 is 2.96 bits per heavy atom. The summed E-state index contributed by atoms with van der Waals surface area (Å²) in [6, 6.07) is 8.70. The number of nitrogens with zero attached hydrogens (tertiary/aromatic N) is 3. The molecule has 2 heterocycles. The number of morpholine rings is 1. The lowest BCUT2D eigenvalue weighted by Crippen LogP contribution is -2.51. The summed E-state index contributed by atoms with van der Waals surface area (Å²) < 4.78 is 8.03. The predicted molar refractivity (Wildman–Crippen MR) is 90.9 cm³/mol. The summed E-state index contributed by atoms with van der Waals surface area (Å²) in [6.07, 6.45) is 5.48. The minimum Gasteiger partial charge on any atom is -0.367 e. The number of ether oxygens (including phenoxy) is 1. The lowest BCUT2D eigenvalue weighted by Gasteiger charge is -2.41. The quantitative estimate of drug-likeness (QED) is 0.853. The van der Waals surface area contributed by atoms with E-state index < -0.39 is 0 Å². The van der Waals surface area contributed by atoms with Gasteiger partial charge in [0.1, 0.15) is 5.60 Å². The molecule has 24 heavy (non-hydrogen) atoms. The molecule has 1 saturated heterocycles. The second-order valence-corrected chi connectivity index (χ2v) is 7.03. The lowest BCUT2D eigenvalue weighted by atomic mass is 9.93. The van der Waals surface area contributed by atoms with E-state index in [0.29, 0.717) is 25.3 Å². The van der Waals surface area contributed by atoms with Crippen LogP contribution < -0.4 is 0 Å². The van der Waals surface area contributed by atoms with Gasteiger partial charge in [0, 0.05) is 18.8 Å². The molecule has 1 aliphatic carbocycles. The minimum atomic E-state index is -0.335. The highest BCUT2D eigenvalue weighted by molar-refractivity contribution is 5.93. The molecule has 1 aliphatic heterocycles. The SMILES string of the molecule is CC(C)n1cc(C(=O)N2CCO[C@@]3(CCc4ccccc43)C2)cn1. The van der Waals surface area contributed by atoms with Crippen molar-refractivity contribution in [2.45, 2.75) is 38.3 Å². The fraction of sp³-hybridized carbons (Fsp3) is 0.474. The van der Waals surface area contributed by atoms with Crippen LogP contribution in [-0.4, -0.2) is 40.3 Å². The largest absolute Gasteiger partial charge is 0.367 e. The maximum Gasteiger partial charge on any atom is 0.257 e. The predicted octanol–water partition coefficient (Wildman–Crippen LogP) is 2.78. The van der Waals surface area contributed by atoms with Crippen LogP contribution in [0.4, 0.5) is 0 Å². The Balaban J connectivity index is 1.58. The Kier molecular flexibility index (Phi) is 3.68. The maximum absolute atomic E-state index is 12.9. The van der Waals surface area contributed by atoms with Gasteiger partial charge in [-0.25, -0.2) is 0 Å². The van der Waals surface area contributed by atoms with Gasteiger partial charge in [-0.2, -0.15) is 5.10 Å². The summed E-state index contributed by atoms with van der Waals surface area (Å²) in [5.74, 6) is 0.0500. The Hall–Kier alpha value is -2.14. The number of aromatic nitrogens is 2. The second-order valence-electron chi connectivity index (χ2n) is 7.03. The molecule has 4 rings (SSSR count). The number of benzene rings is 1. The fourth-order valence-electron chi connectivity index (χ4n) is 3.84. The molecule has 2 aliphatic rings. The van der Waals surface area contributed by atoms with E-state index in [2.05, 4.69) is 43.2 Å². The van der Waals surface area contributed by atoms with Crippen molar-refractivity contribution in [2.75, 3.05) is 19.7 Å². The van der Waals surface area contributed by atoms with Crippen LogP contribution >= 0.6 is 0 Å². The molecule has 2 aromatic rings. The van der Waals surface area contributed by atoms with Crippen molar-refractivity contribution in [1.82, 2.24) is 14.7 Å². The molecule has 0 unspecified atom stereocenters. The van der Waals surface area contributed by atoms with Crippen LogP contribution in [0.5, 0.6) is 0 Å². The van der Waals surface area contributed by atoms with E-state index >= 15 is 0 Å². The average molecular weight is 325 g/mol. The topological polar surface area (TPSA) is 47.4 Å². The number of amides is 1. The van der Waals surface area contributed by atoms with Gasteiger partial charge in [-0.05, 0) is 37.8 Å². The normalized spacial score (nSPS) is 23.0. The molecule has 126 valence electrons. The van der Waals surface area contributed by atoms with Crippen molar-refractivity contribution >= 4 is 5.91 Å². The van der Waals surface area contributed by atoms with Crippen molar-refractivity contribution in [3.63, 3.8) is 0 Å². The number of hydrogen-bond donors (Lipinski definition) is 0. The van der Waals surface area contributed by atoms with Gasteiger partial charge in [0.25, 0.3) is 5.91 Å². The number of carbonyl (C=O) groups is 1. The summed E-state index contributed by atoms with van der Waals surface area (Å²) >= 11 is 0. The molecule has 1 atom stereocenters. The monoisotopic (exact) mass is 325 g/mol. The summed E-state index contributed by atoms with van der Waals surface area (Å²) in [5.41, 5.74) is 2.92. The highest BCUT2D eigenvalue weighted by Crippen LogP contribution is 2.42. The summed E-state index contributed by atoms with van der Waals surface area (Å²) in [4.78, 5) is 14.8. The molecule has 1 amide bonds. The van der Waals surface area contributed by atoms with Gasteiger partial charge in [0.05, 0.1) is 24.9 Å². The second kappa shape index (κ2) is 5.74. The van der Waals surface area contributed by atoms with Gasteiger partial charge in [-0.15, -0.1) is 0 Å². The zero-order chi connectivity index (χ0) is 16.7. The molecule has 1 aromatic carbocycles. The van der Waals surface area contributed by atoms with Crippen LogP contribution in [0.15, 0.2) is 36.7 Å². The van der Waals surface area contributed by atoms with E-state index in [1.54, 1.807) is 6.20 Å². The van der Waals surface area contributed by atoms with Crippen LogP contribution in [0.25, 0.3) is 0 Å². The number of fused-ring (bicyclic) bond motifs is 2. The van der Waals surface area contributed by atoms with Crippen molar-refractivity contribution in [3.05, 3.63) is 53.3 Å². The summed E-state index contributed by atoms with van der Waals surface area (Å²) in [5, 5.41) is 4.29. The molecule has 5 nitrogen and oxygen atoms in total. The third-order valence-corrected chi connectivity index (χ3v) is 5.16. The zero-order valence-electron chi connectivity index (χ0n) is 14.2. The van der Waals surface area contributed by atoms with Gasteiger partial charge in [0.2, 0.25) is 0 Å². The maximum atomic E-state index is 12.9. The molecule has 1 aromatic heterocycles. The van der Waals surface area contributed by atoms with Gasteiger partial charge in [-0.3, -0.25) is 9.48 Å². The van der Waals surface area contributed by atoms with Crippen molar-refractivity contribution < 1.29 is 9.53 Å². The average Bonchev–Trinajstić information content (AvgIpc) is 3.21. The fourth-order valence-corrected chi connectivity index (χ4v) is 3.84. The minimum absolute atomic E-state index is 0.0500. The first-order valence-corrected chi connectivity index (χ1v) is 8.65. The van der Waals surface area contributed by atoms with E-state index in [1.807, 2.05) is 15.8 Å². The number of rotatable bonds is 2. The van der Waals surface area contributed by atoms with Gasteiger partial charge >= 0.3 is 0 Å². The van der Waals surface area contributed by atoms with Gasteiger partial charge in [0.15, 0.2) is 0 Å². The molecular weight excluding hydrogens is 302 g/mol. The number of hydrogen-bond acceptors (Lipinski definition) is 3. The first-order chi connectivity index (χ1) is 11.6. The molecule has 1 spiro atoms. The molecule has 0 radical (unpaired) electrons. The molecule has 5 heteroatoms. The summed E-state index contributed by atoms with van der Waals surface area (Å²) in [6.45, 7) is 5.95. The van der Waals surface area contributed by atoms with Gasteiger partial charge in [-0.1, -0.05) is 24.3 Å². The number of carbonyl (C=O) groups excluding carboxylic acids is 1. The highest BCUT2D eigenvalue weighted by atomic mass is 16.5. The summed E-state index contributed by atoms with van der Waals surface area (Å²) in [7, 11) is 0. The van der Waals surface area contributed by atoms with E-state index in [-0.39, 0.29) is 17.6 Å². The van der Waals surface area contributed by atoms with E-state index in [0.717, 1.165) is 12.8 Å². The Labute approximate surface area is 142 Å². The first-order valence-electron chi connectivity index (χ1n) is 8.65. The van der Waals surface area contributed by atoms with E-state index in [9.17, 15) is 4.79 Å². The smallest absolute Gasteiger partial charge is 0.257 e. The van der Waals surface area contributed by atoms with Crippen LogP contribution in [0.3, 0.4) is 0 Å². The zero-order valence-corrected chi connectivity index (χ0v) is 14.2. The Morgan fingerprint density at radius 1 is 1.33 bits per heavy atom. The van der Waals surface area contributed by atoms with Crippen LogP contribution in [-0.2, 0) is 16.8 Å². The van der Waals surface area contributed by atoms with E-state index in [4.69, 9.17) is 4.74 Å². The Bertz CT molecular complexity index is 763. The molecule has 0 N–H and O–H groups in total. The van der Waals surface area contributed by atoms with Crippen molar-refractivity contribution in [3.8, 4) is 0 Å². The molecular formula is C19H23N3O2. The highest BCUT2D eigenvalue weighted by Gasteiger charge is 2.44. The third-order valence-electron chi connectivity index (χ3n) is 5.16. The van der Waals surface area contributed by atoms with Crippen LogP contribution in [0.1, 0.15) is 47.8 Å². The standard InChI is InChI=1S/C19H23N3O2/c1-14(2)22-12-16(11-20-22)18(23)21-9-10-24-19(13-21)8-7-15-5-3-4-6-17(15)19/h3-6,11-12,14H,7-10,13H2,1-2H3/t19-/m0/s1. The van der Waals surface area contributed by atoms with Crippen LogP contribution in [0.2, 0.25) is 0 Å². The lowest BCUT2D eigenvalue weighted by molar-refractivity contribution is -0.103. The third kappa shape index (κ3) is 2.44. The Morgan fingerprint density at radius 2 is 2.17 bits per heavy atom. The molecule has 0 bridgehead atoms.